The Morgan fingerprint density at radius 2 is 2.19 bits per heavy atom. The smallest absolute Gasteiger partial charge is 0.313 e. The molecule has 0 atom stereocenters. The van der Waals surface area contributed by atoms with Gasteiger partial charge in [0.1, 0.15) is 0 Å². The molecule has 0 aromatic carbocycles. The highest BCUT2D eigenvalue weighted by molar-refractivity contribution is 7.16. The van der Waals surface area contributed by atoms with Gasteiger partial charge in [0.15, 0.2) is 0 Å². The van der Waals surface area contributed by atoms with E-state index in [4.69, 9.17) is 0 Å². The van der Waals surface area contributed by atoms with Crippen LogP contribution in [0.5, 0.6) is 0 Å². The van der Waals surface area contributed by atoms with Gasteiger partial charge in [-0.25, -0.2) is 0 Å². The molecule has 1 aromatic rings. The highest BCUT2D eigenvalue weighted by Crippen LogP contribution is 2.32. The SMILES string of the molecule is CCCNC/C(=C/c1ccc([N+](=O)[O-])s1)C1CCCCC1. The Morgan fingerprint density at radius 1 is 1.43 bits per heavy atom. The van der Waals surface area contributed by atoms with Crippen molar-refractivity contribution in [2.24, 2.45) is 5.92 Å². The summed E-state index contributed by atoms with van der Waals surface area (Å²) < 4.78 is 0. The summed E-state index contributed by atoms with van der Waals surface area (Å²) in [5, 5.41) is 14.5. The van der Waals surface area contributed by atoms with Crippen molar-refractivity contribution in [3.8, 4) is 0 Å². The van der Waals surface area contributed by atoms with E-state index >= 15 is 0 Å². The third-order valence-corrected chi connectivity index (χ3v) is 4.99. The topological polar surface area (TPSA) is 55.2 Å². The van der Waals surface area contributed by atoms with Crippen LogP contribution in [-0.2, 0) is 0 Å². The first-order valence-corrected chi connectivity index (χ1v) is 8.67. The molecule has 2 rings (SSSR count). The van der Waals surface area contributed by atoms with Crippen LogP contribution in [-0.4, -0.2) is 18.0 Å². The van der Waals surface area contributed by atoms with E-state index < -0.39 is 0 Å². The van der Waals surface area contributed by atoms with Gasteiger partial charge in [-0.1, -0.05) is 43.1 Å². The molecule has 1 aliphatic rings. The van der Waals surface area contributed by atoms with Crippen molar-refractivity contribution < 1.29 is 4.92 Å². The fraction of sp³-hybridized carbons (Fsp3) is 0.625. The Labute approximate surface area is 130 Å². The van der Waals surface area contributed by atoms with E-state index in [1.54, 1.807) is 6.07 Å². The maximum Gasteiger partial charge on any atom is 0.324 e. The van der Waals surface area contributed by atoms with Crippen molar-refractivity contribution in [2.75, 3.05) is 13.1 Å². The van der Waals surface area contributed by atoms with Crippen LogP contribution in [0.25, 0.3) is 6.08 Å². The Balaban J connectivity index is 2.11. The van der Waals surface area contributed by atoms with Crippen LogP contribution in [0, 0.1) is 16.0 Å². The maximum absolute atomic E-state index is 10.8. The summed E-state index contributed by atoms with van der Waals surface area (Å²) >= 11 is 1.27. The molecule has 1 aromatic heterocycles. The van der Waals surface area contributed by atoms with E-state index in [1.165, 1.54) is 49.0 Å². The Hall–Kier alpha value is -1.20. The molecule has 1 fully saturated rings. The third-order valence-electron chi connectivity index (χ3n) is 4.01. The van der Waals surface area contributed by atoms with Gasteiger partial charge in [0, 0.05) is 17.5 Å². The summed E-state index contributed by atoms with van der Waals surface area (Å²) in [6, 6.07) is 3.47. The maximum atomic E-state index is 10.8. The molecular weight excluding hydrogens is 284 g/mol. The zero-order chi connectivity index (χ0) is 15.1. The second-order valence-electron chi connectivity index (χ2n) is 5.66. The molecule has 0 saturated heterocycles. The molecule has 1 saturated carbocycles. The lowest BCUT2D eigenvalue weighted by molar-refractivity contribution is -0.380. The number of hydrogen-bond acceptors (Lipinski definition) is 4. The van der Waals surface area contributed by atoms with E-state index in [0.717, 1.165) is 24.4 Å². The molecular formula is C16H24N2O2S. The molecule has 1 N–H and O–H groups in total. The van der Waals surface area contributed by atoms with Gasteiger partial charge >= 0.3 is 5.00 Å². The van der Waals surface area contributed by atoms with Gasteiger partial charge in [-0.2, -0.15) is 0 Å². The van der Waals surface area contributed by atoms with Crippen molar-refractivity contribution in [1.29, 1.82) is 0 Å². The number of thiophene rings is 1. The van der Waals surface area contributed by atoms with Gasteiger partial charge in [0.2, 0.25) is 0 Å². The molecule has 116 valence electrons. The first kappa shape index (κ1) is 16.2. The van der Waals surface area contributed by atoms with Gasteiger partial charge in [0.25, 0.3) is 0 Å². The number of nitrogens with zero attached hydrogens (tertiary/aromatic N) is 1. The summed E-state index contributed by atoms with van der Waals surface area (Å²) in [7, 11) is 0. The van der Waals surface area contributed by atoms with E-state index in [0.29, 0.717) is 5.92 Å². The number of hydrogen-bond donors (Lipinski definition) is 1. The zero-order valence-corrected chi connectivity index (χ0v) is 13.5. The van der Waals surface area contributed by atoms with Crippen LogP contribution in [0.3, 0.4) is 0 Å². The zero-order valence-electron chi connectivity index (χ0n) is 12.6. The van der Waals surface area contributed by atoms with Crippen LogP contribution in [0.2, 0.25) is 0 Å². The number of nitro groups is 1. The van der Waals surface area contributed by atoms with Crippen molar-refractivity contribution in [3.05, 3.63) is 32.7 Å². The Morgan fingerprint density at radius 3 is 2.81 bits per heavy atom. The number of nitrogens with one attached hydrogen (secondary N) is 1. The highest BCUT2D eigenvalue weighted by Gasteiger charge is 2.18. The van der Waals surface area contributed by atoms with E-state index in [1.807, 2.05) is 6.07 Å². The lowest BCUT2D eigenvalue weighted by atomic mass is 9.83. The third kappa shape index (κ3) is 4.93. The van der Waals surface area contributed by atoms with Crippen LogP contribution in [0.15, 0.2) is 17.7 Å². The first-order chi connectivity index (χ1) is 10.2. The molecule has 0 spiro atoms. The molecule has 4 nitrogen and oxygen atoms in total. The summed E-state index contributed by atoms with van der Waals surface area (Å²) in [5.41, 5.74) is 1.42. The highest BCUT2D eigenvalue weighted by atomic mass is 32.1. The van der Waals surface area contributed by atoms with Crippen LogP contribution < -0.4 is 5.32 Å². The Bertz CT molecular complexity index is 490. The lowest BCUT2D eigenvalue weighted by Gasteiger charge is -2.25. The van der Waals surface area contributed by atoms with Gasteiger partial charge < -0.3 is 5.32 Å². The van der Waals surface area contributed by atoms with Gasteiger partial charge in [-0.05, 0) is 43.9 Å². The minimum Gasteiger partial charge on any atom is -0.313 e. The van der Waals surface area contributed by atoms with Crippen LogP contribution in [0.4, 0.5) is 5.00 Å². The van der Waals surface area contributed by atoms with Gasteiger partial charge in [-0.3, -0.25) is 10.1 Å². The molecule has 0 unspecified atom stereocenters. The van der Waals surface area contributed by atoms with Gasteiger partial charge in [-0.15, -0.1) is 0 Å². The minimum atomic E-state index is -0.308. The quantitative estimate of drug-likeness (QED) is 0.454. The molecule has 5 heteroatoms. The largest absolute Gasteiger partial charge is 0.324 e. The standard InChI is InChI=1S/C16H24N2O2S/c1-2-10-17-12-14(13-6-4-3-5-7-13)11-15-8-9-16(21-15)18(19)20/h8-9,11,13,17H,2-7,10,12H2,1H3/b14-11-. The summed E-state index contributed by atoms with van der Waals surface area (Å²) in [5.74, 6) is 0.643. The minimum absolute atomic E-state index is 0.228. The summed E-state index contributed by atoms with van der Waals surface area (Å²) in [4.78, 5) is 11.5. The summed E-state index contributed by atoms with van der Waals surface area (Å²) in [6.07, 6.45) is 9.77. The van der Waals surface area contributed by atoms with Crippen LogP contribution >= 0.6 is 11.3 Å². The average molecular weight is 308 g/mol. The summed E-state index contributed by atoms with van der Waals surface area (Å²) in [6.45, 7) is 4.10. The molecule has 0 amide bonds. The fourth-order valence-electron chi connectivity index (χ4n) is 2.90. The fourth-order valence-corrected chi connectivity index (χ4v) is 3.70. The molecule has 0 aliphatic heterocycles. The molecule has 0 radical (unpaired) electrons. The lowest BCUT2D eigenvalue weighted by Crippen LogP contribution is -2.22. The average Bonchev–Trinajstić information content (AvgIpc) is 2.96. The molecule has 1 aliphatic carbocycles. The predicted octanol–water partition coefficient (Wildman–Crippen LogP) is 4.62. The van der Waals surface area contributed by atoms with Crippen molar-refractivity contribution in [3.63, 3.8) is 0 Å². The molecule has 1 heterocycles. The van der Waals surface area contributed by atoms with E-state index in [2.05, 4.69) is 18.3 Å². The predicted molar refractivity (Wildman–Crippen MR) is 88.7 cm³/mol. The normalized spacial score (nSPS) is 17.1. The van der Waals surface area contributed by atoms with E-state index in [-0.39, 0.29) is 9.92 Å². The monoisotopic (exact) mass is 308 g/mol. The Kier molecular flexibility index (Phi) is 6.39. The second-order valence-corrected chi connectivity index (χ2v) is 6.76. The molecule has 21 heavy (non-hydrogen) atoms. The van der Waals surface area contributed by atoms with Crippen LogP contribution in [0.1, 0.15) is 50.3 Å². The van der Waals surface area contributed by atoms with Crippen molar-refractivity contribution in [2.45, 2.75) is 45.4 Å². The number of rotatable bonds is 7. The van der Waals surface area contributed by atoms with Gasteiger partial charge in [0.05, 0.1) is 4.92 Å². The van der Waals surface area contributed by atoms with E-state index in [9.17, 15) is 10.1 Å². The first-order valence-electron chi connectivity index (χ1n) is 7.86. The second kappa shape index (κ2) is 8.29. The molecule has 0 bridgehead atoms. The van der Waals surface area contributed by atoms with Crippen molar-refractivity contribution >= 4 is 22.4 Å². The van der Waals surface area contributed by atoms with Crippen molar-refractivity contribution in [1.82, 2.24) is 5.32 Å².